The Kier molecular flexibility index (Phi) is 6.00. The van der Waals surface area contributed by atoms with Gasteiger partial charge in [-0.05, 0) is 48.5 Å². The van der Waals surface area contributed by atoms with Gasteiger partial charge in [-0.15, -0.1) is 0 Å². The SMILES string of the molecule is C/C=C1/C(=C\C=C\c2ccccc2)C(CC)=C(CC)C1CC. The van der Waals surface area contributed by atoms with Gasteiger partial charge in [-0.25, -0.2) is 0 Å². The molecule has 1 aliphatic rings. The summed E-state index contributed by atoms with van der Waals surface area (Å²) in [4.78, 5) is 0. The molecule has 0 aromatic heterocycles. The second kappa shape index (κ2) is 7.98. The second-order valence-corrected chi connectivity index (χ2v) is 5.77. The quantitative estimate of drug-likeness (QED) is 0.564. The molecule has 1 aromatic carbocycles. The van der Waals surface area contributed by atoms with E-state index in [0.717, 1.165) is 6.42 Å². The van der Waals surface area contributed by atoms with Crippen molar-refractivity contribution in [2.24, 2.45) is 5.92 Å². The third kappa shape index (κ3) is 3.32. The highest BCUT2D eigenvalue weighted by Gasteiger charge is 2.29. The predicted octanol–water partition coefficient (Wildman–Crippen LogP) is 6.73. The lowest BCUT2D eigenvalue weighted by Crippen LogP contribution is -2.00. The molecule has 0 heteroatoms. The Morgan fingerprint density at radius 3 is 2.27 bits per heavy atom. The lowest BCUT2D eigenvalue weighted by atomic mass is 9.91. The second-order valence-electron chi connectivity index (χ2n) is 5.77. The first kappa shape index (κ1) is 16.5. The summed E-state index contributed by atoms with van der Waals surface area (Å²) in [5.74, 6) is 0.626. The molecule has 1 unspecified atom stereocenters. The zero-order valence-corrected chi connectivity index (χ0v) is 14.4. The fourth-order valence-electron chi connectivity index (χ4n) is 3.65. The van der Waals surface area contributed by atoms with Crippen molar-refractivity contribution in [3.63, 3.8) is 0 Å². The highest BCUT2D eigenvalue weighted by molar-refractivity contribution is 5.61. The Morgan fingerprint density at radius 1 is 1.00 bits per heavy atom. The Labute approximate surface area is 136 Å². The van der Waals surface area contributed by atoms with Crippen molar-refractivity contribution in [3.05, 3.63) is 76.4 Å². The molecule has 0 heterocycles. The predicted molar refractivity (Wildman–Crippen MR) is 98.7 cm³/mol. The summed E-state index contributed by atoms with van der Waals surface area (Å²) >= 11 is 0. The van der Waals surface area contributed by atoms with Crippen molar-refractivity contribution in [1.29, 1.82) is 0 Å². The number of hydrogen-bond acceptors (Lipinski definition) is 0. The molecule has 2 rings (SSSR count). The van der Waals surface area contributed by atoms with E-state index in [-0.39, 0.29) is 0 Å². The Morgan fingerprint density at radius 2 is 1.73 bits per heavy atom. The van der Waals surface area contributed by atoms with Crippen LogP contribution in [-0.2, 0) is 0 Å². The molecule has 116 valence electrons. The topological polar surface area (TPSA) is 0 Å². The lowest BCUT2D eigenvalue weighted by molar-refractivity contribution is 0.685. The molecule has 0 spiro atoms. The zero-order valence-electron chi connectivity index (χ0n) is 14.4. The van der Waals surface area contributed by atoms with Gasteiger partial charge in [-0.2, -0.15) is 0 Å². The van der Waals surface area contributed by atoms with E-state index in [1.54, 1.807) is 11.1 Å². The average Bonchev–Trinajstić information content (AvgIpc) is 2.87. The van der Waals surface area contributed by atoms with E-state index >= 15 is 0 Å². The standard InChI is InChI=1S/C22H28/c1-5-18-19(6-2)21(8-4)22(20(18)7-3)16-12-15-17-13-10-9-11-14-17/h7,9-16,18H,5-6,8H2,1-4H3/b15-12+,20-7+,22-16+. The van der Waals surface area contributed by atoms with E-state index < -0.39 is 0 Å². The van der Waals surface area contributed by atoms with Gasteiger partial charge in [-0.1, -0.05) is 81.0 Å². The van der Waals surface area contributed by atoms with Crippen LogP contribution >= 0.6 is 0 Å². The fourth-order valence-corrected chi connectivity index (χ4v) is 3.65. The third-order valence-corrected chi connectivity index (χ3v) is 4.62. The Balaban J connectivity index is 2.36. The lowest BCUT2D eigenvalue weighted by Gasteiger charge is -2.13. The van der Waals surface area contributed by atoms with Crippen LogP contribution in [0.4, 0.5) is 0 Å². The van der Waals surface area contributed by atoms with E-state index in [1.165, 1.54) is 29.6 Å². The minimum absolute atomic E-state index is 0.626. The molecule has 22 heavy (non-hydrogen) atoms. The van der Waals surface area contributed by atoms with Crippen LogP contribution < -0.4 is 0 Å². The van der Waals surface area contributed by atoms with Crippen molar-refractivity contribution in [2.45, 2.75) is 47.0 Å². The largest absolute Gasteiger partial charge is 0.0832 e. The van der Waals surface area contributed by atoms with Gasteiger partial charge >= 0.3 is 0 Å². The summed E-state index contributed by atoms with van der Waals surface area (Å²) in [5, 5.41) is 0. The molecule has 0 bridgehead atoms. The molecular formula is C22H28. The average molecular weight is 292 g/mol. The van der Waals surface area contributed by atoms with E-state index in [9.17, 15) is 0 Å². The van der Waals surface area contributed by atoms with Gasteiger partial charge < -0.3 is 0 Å². The Hall–Kier alpha value is -1.82. The van der Waals surface area contributed by atoms with Crippen LogP contribution in [0.1, 0.15) is 52.5 Å². The van der Waals surface area contributed by atoms with E-state index in [0.29, 0.717) is 5.92 Å². The minimum atomic E-state index is 0.626. The summed E-state index contributed by atoms with van der Waals surface area (Å²) in [6.45, 7) is 9.06. The molecule has 0 saturated heterocycles. The van der Waals surface area contributed by atoms with Gasteiger partial charge in [0.1, 0.15) is 0 Å². The highest BCUT2D eigenvalue weighted by Crippen LogP contribution is 2.45. The van der Waals surface area contributed by atoms with Crippen LogP contribution in [0.15, 0.2) is 70.9 Å². The maximum Gasteiger partial charge on any atom is 0.00542 e. The molecule has 0 amide bonds. The number of hydrogen-bond donors (Lipinski definition) is 0. The molecule has 0 saturated carbocycles. The molecule has 0 fully saturated rings. The summed E-state index contributed by atoms with van der Waals surface area (Å²) in [5.41, 5.74) is 7.46. The maximum atomic E-state index is 2.31. The Bertz CT molecular complexity index is 609. The van der Waals surface area contributed by atoms with E-state index in [4.69, 9.17) is 0 Å². The van der Waals surface area contributed by atoms with Crippen molar-refractivity contribution in [3.8, 4) is 0 Å². The first-order valence-electron chi connectivity index (χ1n) is 8.58. The van der Waals surface area contributed by atoms with Gasteiger partial charge in [0.2, 0.25) is 0 Å². The van der Waals surface area contributed by atoms with E-state index in [1.807, 2.05) is 0 Å². The van der Waals surface area contributed by atoms with Crippen molar-refractivity contribution < 1.29 is 0 Å². The summed E-state index contributed by atoms with van der Waals surface area (Å²) < 4.78 is 0. The van der Waals surface area contributed by atoms with E-state index in [2.05, 4.69) is 82.3 Å². The van der Waals surface area contributed by atoms with Crippen LogP contribution in [0.2, 0.25) is 0 Å². The molecule has 1 aromatic rings. The minimum Gasteiger partial charge on any atom is -0.0832 e. The normalized spacial score (nSPS) is 22.5. The van der Waals surface area contributed by atoms with Gasteiger partial charge in [0.15, 0.2) is 0 Å². The first-order valence-corrected chi connectivity index (χ1v) is 8.58. The van der Waals surface area contributed by atoms with Crippen molar-refractivity contribution >= 4 is 6.08 Å². The van der Waals surface area contributed by atoms with Gasteiger partial charge in [0.25, 0.3) is 0 Å². The molecule has 0 nitrogen and oxygen atoms in total. The molecule has 1 aliphatic carbocycles. The van der Waals surface area contributed by atoms with Gasteiger partial charge in [0.05, 0.1) is 0 Å². The fraction of sp³-hybridized carbons (Fsp3) is 0.364. The molecule has 1 atom stereocenters. The van der Waals surface area contributed by atoms with Crippen LogP contribution in [0.3, 0.4) is 0 Å². The third-order valence-electron chi connectivity index (χ3n) is 4.62. The summed E-state index contributed by atoms with van der Waals surface area (Å²) in [6, 6.07) is 10.5. The van der Waals surface area contributed by atoms with Gasteiger partial charge in [0, 0.05) is 5.92 Å². The van der Waals surface area contributed by atoms with Crippen molar-refractivity contribution in [1.82, 2.24) is 0 Å². The number of benzene rings is 1. The molecule has 0 radical (unpaired) electrons. The van der Waals surface area contributed by atoms with Crippen LogP contribution in [0, 0.1) is 5.92 Å². The number of allylic oxidation sites excluding steroid dienone is 7. The monoisotopic (exact) mass is 292 g/mol. The van der Waals surface area contributed by atoms with Crippen molar-refractivity contribution in [2.75, 3.05) is 0 Å². The van der Waals surface area contributed by atoms with Crippen LogP contribution in [0.5, 0.6) is 0 Å². The van der Waals surface area contributed by atoms with Crippen LogP contribution in [0.25, 0.3) is 6.08 Å². The van der Waals surface area contributed by atoms with Crippen LogP contribution in [-0.4, -0.2) is 0 Å². The molecular weight excluding hydrogens is 264 g/mol. The van der Waals surface area contributed by atoms with Gasteiger partial charge in [-0.3, -0.25) is 0 Å². The first-order chi connectivity index (χ1) is 10.8. The molecule has 0 N–H and O–H groups in total. The number of rotatable bonds is 5. The maximum absolute atomic E-state index is 2.31. The smallest absolute Gasteiger partial charge is 0.00542 e. The zero-order chi connectivity index (χ0) is 15.9. The molecule has 0 aliphatic heterocycles. The summed E-state index contributed by atoms with van der Waals surface area (Å²) in [6.07, 6.45) is 12.5. The highest BCUT2D eigenvalue weighted by atomic mass is 14.3. The summed E-state index contributed by atoms with van der Waals surface area (Å²) in [7, 11) is 0.